The van der Waals surface area contributed by atoms with Crippen LogP contribution >= 0.6 is 0 Å². The van der Waals surface area contributed by atoms with Crippen LogP contribution in [0.1, 0.15) is 43.5 Å². The molecule has 1 heterocycles. The molecule has 2 heteroatoms. The maximum atomic E-state index is 5.64. The van der Waals surface area contributed by atoms with Crippen LogP contribution in [0, 0.1) is 11.8 Å². The van der Waals surface area contributed by atoms with Gasteiger partial charge in [-0.1, -0.05) is 75.1 Å². The highest BCUT2D eigenvalue weighted by Gasteiger charge is 2.25. The summed E-state index contributed by atoms with van der Waals surface area (Å²) in [6.07, 6.45) is 0. The van der Waals surface area contributed by atoms with E-state index in [1.807, 2.05) is 6.07 Å². The molecule has 3 rings (SSSR count). The molecule has 2 nitrogen and oxygen atoms in total. The molecule has 124 valence electrons. The Morgan fingerprint density at radius 1 is 1.04 bits per heavy atom. The molecule has 0 aromatic heterocycles. The Morgan fingerprint density at radius 2 is 1.75 bits per heavy atom. The molecule has 1 aliphatic heterocycles. The molecule has 0 radical (unpaired) electrons. The molecule has 0 N–H and O–H groups in total. The number of benzene rings is 2. The van der Waals surface area contributed by atoms with Gasteiger partial charge in [0, 0.05) is 5.56 Å². The van der Waals surface area contributed by atoms with Crippen LogP contribution in [-0.4, -0.2) is 24.8 Å². The van der Waals surface area contributed by atoms with Crippen LogP contribution in [0.5, 0.6) is 0 Å². The molecule has 1 atom stereocenters. The van der Waals surface area contributed by atoms with Gasteiger partial charge < -0.3 is 4.74 Å². The Bertz CT molecular complexity index is 717. The lowest BCUT2D eigenvalue weighted by molar-refractivity contribution is 0.147. The fourth-order valence-electron chi connectivity index (χ4n) is 2.91. The lowest BCUT2D eigenvalue weighted by atomic mass is 9.87. The molecule has 24 heavy (non-hydrogen) atoms. The van der Waals surface area contributed by atoms with E-state index in [0.717, 1.165) is 18.7 Å². The number of rotatable bonds is 2. The fourth-order valence-corrected chi connectivity index (χ4v) is 2.91. The SMILES string of the molecule is CC(C)(C)c1ccc(C#CCN2COC[C@@H]2c2ccccc2)cc1. The van der Waals surface area contributed by atoms with Crippen molar-refractivity contribution in [3.8, 4) is 11.8 Å². The topological polar surface area (TPSA) is 12.5 Å². The molecular weight excluding hydrogens is 294 g/mol. The van der Waals surface area contributed by atoms with Crippen LogP contribution in [-0.2, 0) is 10.2 Å². The third-order valence-corrected chi connectivity index (χ3v) is 4.42. The van der Waals surface area contributed by atoms with Gasteiger partial charge in [-0.15, -0.1) is 0 Å². The van der Waals surface area contributed by atoms with Gasteiger partial charge in [-0.05, 0) is 28.7 Å². The summed E-state index contributed by atoms with van der Waals surface area (Å²) in [6, 6.07) is 19.4. The van der Waals surface area contributed by atoms with E-state index in [2.05, 4.69) is 86.0 Å². The predicted octanol–water partition coefficient (Wildman–Crippen LogP) is 4.37. The monoisotopic (exact) mass is 319 g/mol. The number of hydrogen-bond acceptors (Lipinski definition) is 2. The van der Waals surface area contributed by atoms with Crippen molar-refractivity contribution in [1.29, 1.82) is 0 Å². The molecule has 0 aliphatic carbocycles. The van der Waals surface area contributed by atoms with Crippen molar-refractivity contribution in [3.63, 3.8) is 0 Å². The largest absolute Gasteiger partial charge is 0.364 e. The van der Waals surface area contributed by atoms with E-state index in [4.69, 9.17) is 4.74 Å². The first-order valence-corrected chi connectivity index (χ1v) is 8.50. The minimum atomic E-state index is 0.182. The average molecular weight is 319 g/mol. The van der Waals surface area contributed by atoms with Crippen LogP contribution < -0.4 is 0 Å². The summed E-state index contributed by atoms with van der Waals surface area (Å²) in [5.41, 5.74) is 3.89. The summed E-state index contributed by atoms with van der Waals surface area (Å²) < 4.78 is 5.64. The van der Waals surface area contributed by atoms with Crippen molar-refractivity contribution >= 4 is 0 Å². The second-order valence-corrected chi connectivity index (χ2v) is 7.30. The van der Waals surface area contributed by atoms with Crippen molar-refractivity contribution in [1.82, 2.24) is 4.90 Å². The van der Waals surface area contributed by atoms with Gasteiger partial charge in [0.2, 0.25) is 0 Å². The molecule has 2 aromatic rings. The first-order valence-electron chi connectivity index (χ1n) is 8.50. The smallest absolute Gasteiger partial charge is 0.100 e. The lowest BCUT2D eigenvalue weighted by Crippen LogP contribution is -2.24. The first kappa shape index (κ1) is 16.8. The van der Waals surface area contributed by atoms with Crippen molar-refractivity contribution in [2.45, 2.75) is 32.2 Å². The Labute approximate surface area is 145 Å². The molecular formula is C22H25NO. The summed E-state index contributed by atoms with van der Waals surface area (Å²) >= 11 is 0. The van der Waals surface area contributed by atoms with Crippen molar-refractivity contribution in [2.24, 2.45) is 0 Å². The van der Waals surface area contributed by atoms with E-state index in [0.29, 0.717) is 12.8 Å². The van der Waals surface area contributed by atoms with Gasteiger partial charge in [-0.2, -0.15) is 0 Å². The van der Waals surface area contributed by atoms with E-state index < -0.39 is 0 Å². The Hall–Kier alpha value is -2.08. The van der Waals surface area contributed by atoms with Gasteiger partial charge in [-0.3, -0.25) is 4.90 Å². The van der Waals surface area contributed by atoms with Crippen LogP contribution in [0.15, 0.2) is 54.6 Å². The quantitative estimate of drug-likeness (QED) is 0.762. The molecule has 0 saturated carbocycles. The zero-order valence-corrected chi connectivity index (χ0v) is 14.8. The minimum absolute atomic E-state index is 0.182. The maximum Gasteiger partial charge on any atom is 0.100 e. The highest BCUT2D eigenvalue weighted by Crippen LogP contribution is 2.25. The Kier molecular flexibility index (Phi) is 5.04. The Balaban J connectivity index is 1.65. The summed E-state index contributed by atoms with van der Waals surface area (Å²) in [5.74, 6) is 6.57. The predicted molar refractivity (Wildman–Crippen MR) is 98.7 cm³/mol. The highest BCUT2D eigenvalue weighted by atomic mass is 16.5. The van der Waals surface area contributed by atoms with Gasteiger partial charge in [0.15, 0.2) is 0 Å². The van der Waals surface area contributed by atoms with E-state index >= 15 is 0 Å². The summed E-state index contributed by atoms with van der Waals surface area (Å²) in [4.78, 5) is 2.28. The Morgan fingerprint density at radius 3 is 2.42 bits per heavy atom. The fraction of sp³-hybridized carbons (Fsp3) is 0.364. The maximum absolute atomic E-state index is 5.64. The van der Waals surface area contributed by atoms with Gasteiger partial charge in [0.25, 0.3) is 0 Å². The van der Waals surface area contributed by atoms with E-state index in [9.17, 15) is 0 Å². The number of hydrogen-bond donors (Lipinski definition) is 0. The molecule has 1 saturated heterocycles. The summed E-state index contributed by atoms with van der Waals surface area (Å²) in [7, 11) is 0. The molecule has 0 bridgehead atoms. The first-order chi connectivity index (χ1) is 11.5. The standard InChI is InChI=1S/C22H25NO/c1-22(2,3)20-13-11-18(12-14-20)8-7-15-23-17-24-16-21(23)19-9-5-4-6-10-19/h4-6,9-14,21H,15-17H2,1-3H3/t21-/m1/s1. The van der Waals surface area contributed by atoms with Gasteiger partial charge in [0.1, 0.15) is 6.73 Å². The van der Waals surface area contributed by atoms with Crippen LogP contribution in [0.3, 0.4) is 0 Å². The van der Waals surface area contributed by atoms with Gasteiger partial charge >= 0.3 is 0 Å². The molecule has 0 amide bonds. The van der Waals surface area contributed by atoms with E-state index in [1.54, 1.807) is 0 Å². The zero-order valence-electron chi connectivity index (χ0n) is 14.8. The molecule has 0 spiro atoms. The van der Waals surface area contributed by atoms with Crippen LogP contribution in [0.4, 0.5) is 0 Å². The number of ether oxygens (including phenoxy) is 1. The molecule has 1 aliphatic rings. The minimum Gasteiger partial charge on any atom is -0.364 e. The second-order valence-electron chi connectivity index (χ2n) is 7.30. The molecule has 1 fully saturated rings. The third kappa shape index (κ3) is 4.06. The van der Waals surface area contributed by atoms with E-state index in [-0.39, 0.29) is 5.41 Å². The zero-order chi connectivity index (χ0) is 17.0. The van der Waals surface area contributed by atoms with Crippen molar-refractivity contribution in [3.05, 3.63) is 71.3 Å². The third-order valence-electron chi connectivity index (χ3n) is 4.42. The van der Waals surface area contributed by atoms with E-state index in [1.165, 1.54) is 11.1 Å². The molecule has 0 unspecified atom stereocenters. The molecule has 2 aromatic carbocycles. The normalized spacial score (nSPS) is 18.2. The van der Waals surface area contributed by atoms with Gasteiger partial charge in [-0.25, -0.2) is 0 Å². The number of nitrogens with zero attached hydrogens (tertiary/aromatic N) is 1. The van der Waals surface area contributed by atoms with Crippen LogP contribution in [0.25, 0.3) is 0 Å². The van der Waals surface area contributed by atoms with Crippen molar-refractivity contribution < 1.29 is 4.74 Å². The summed E-state index contributed by atoms with van der Waals surface area (Å²) in [6.45, 7) is 8.80. The summed E-state index contributed by atoms with van der Waals surface area (Å²) in [5, 5.41) is 0. The second kappa shape index (κ2) is 7.21. The van der Waals surface area contributed by atoms with Crippen LogP contribution in [0.2, 0.25) is 0 Å². The van der Waals surface area contributed by atoms with Crippen molar-refractivity contribution in [2.75, 3.05) is 19.9 Å². The highest BCUT2D eigenvalue weighted by molar-refractivity contribution is 5.38. The average Bonchev–Trinajstić information content (AvgIpc) is 3.04. The lowest BCUT2D eigenvalue weighted by Gasteiger charge is -2.20. The van der Waals surface area contributed by atoms with Gasteiger partial charge in [0.05, 0.1) is 19.2 Å².